The van der Waals surface area contributed by atoms with Gasteiger partial charge >= 0.3 is 0 Å². The summed E-state index contributed by atoms with van der Waals surface area (Å²) >= 11 is 0. The van der Waals surface area contributed by atoms with E-state index >= 15 is 0 Å². The van der Waals surface area contributed by atoms with Gasteiger partial charge in [-0.2, -0.15) is 0 Å². The standard InChI is InChI=1S/C19H27NO2/c1-5-15(2)20(13-16-9-7-6-8-10-16)14-17-11-12-18(22-17)19(3,4)21/h6-12,15,21H,5,13-14H2,1-4H3. The number of rotatable bonds is 7. The molecule has 2 rings (SSSR count). The van der Waals surface area contributed by atoms with Crippen LogP contribution in [0.15, 0.2) is 46.9 Å². The number of hydrogen-bond donors (Lipinski definition) is 1. The van der Waals surface area contributed by atoms with Gasteiger partial charge in [-0.25, -0.2) is 0 Å². The van der Waals surface area contributed by atoms with E-state index in [1.54, 1.807) is 13.8 Å². The zero-order valence-corrected chi connectivity index (χ0v) is 14.0. The third-order valence-corrected chi connectivity index (χ3v) is 4.07. The van der Waals surface area contributed by atoms with Crippen LogP contribution in [0.25, 0.3) is 0 Å². The molecular formula is C19H27NO2. The van der Waals surface area contributed by atoms with E-state index in [-0.39, 0.29) is 0 Å². The lowest BCUT2D eigenvalue weighted by Crippen LogP contribution is -2.31. The molecule has 0 saturated carbocycles. The second-order valence-electron chi connectivity index (χ2n) is 6.47. The molecule has 120 valence electrons. The van der Waals surface area contributed by atoms with Crippen molar-refractivity contribution in [3.05, 3.63) is 59.5 Å². The molecule has 3 nitrogen and oxygen atoms in total. The summed E-state index contributed by atoms with van der Waals surface area (Å²) in [6.07, 6.45) is 1.09. The molecule has 1 N–H and O–H groups in total. The van der Waals surface area contributed by atoms with Gasteiger partial charge in [0.25, 0.3) is 0 Å². The molecule has 0 amide bonds. The van der Waals surface area contributed by atoms with E-state index in [1.807, 2.05) is 18.2 Å². The normalized spacial score (nSPS) is 13.5. The fourth-order valence-electron chi connectivity index (χ4n) is 2.44. The summed E-state index contributed by atoms with van der Waals surface area (Å²) in [5.74, 6) is 1.51. The van der Waals surface area contributed by atoms with E-state index in [0.717, 1.165) is 25.3 Å². The molecule has 0 fully saturated rings. The largest absolute Gasteiger partial charge is 0.462 e. The molecule has 0 aliphatic rings. The summed E-state index contributed by atoms with van der Waals surface area (Å²) in [4.78, 5) is 2.41. The predicted molar refractivity (Wildman–Crippen MR) is 89.4 cm³/mol. The fourth-order valence-corrected chi connectivity index (χ4v) is 2.44. The minimum absolute atomic E-state index is 0.468. The number of benzene rings is 1. The highest BCUT2D eigenvalue weighted by Crippen LogP contribution is 2.24. The van der Waals surface area contributed by atoms with Crippen LogP contribution < -0.4 is 0 Å². The lowest BCUT2D eigenvalue weighted by Gasteiger charge is -2.27. The van der Waals surface area contributed by atoms with Crippen LogP contribution in [0.5, 0.6) is 0 Å². The summed E-state index contributed by atoms with van der Waals surface area (Å²) < 4.78 is 5.82. The van der Waals surface area contributed by atoms with Gasteiger partial charge in [-0.05, 0) is 44.9 Å². The lowest BCUT2D eigenvalue weighted by atomic mass is 10.1. The fraction of sp³-hybridized carbons (Fsp3) is 0.474. The maximum Gasteiger partial charge on any atom is 0.135 e. The first kappa shape index (κ1) is 16.8. The summed E-state index contributed by atoms with van der Waals surface area (Å²) in [5, 5.41) is 10.0. The Morgan fingerprint density at radius 2 is 1.77 bits per heavy atom. The first-order valence-electron chi connectivity index (χ1n) is 7.99. The van der Waals surface area contributed by atoms with E-state index in [1.165, 1.54) is 5.56 Å². The van der Waals surface area contributed by atoms with Gasteiger partial charge in [0.05, 0.1) is 6.54 Å². The zero-order valence-electron chi connectivity index (χ0n) is 14.0. The third kappa shape index (κ3) is 4.46. The topological polar surface area (TPSA) is 36.6 Å². The molecule has 2 aromatic rings. The Kier molecular flexibility index (Phi) is 5.43. The summed E-state index contributed by atoms with van der Waals surface area (Å²) in [6, 6.07) is 14.8. The summed E-state index contributed by atoms with van der Waals surface area (Å²) in [6.45, 7) is 9.57. The molecule has 0 bridgehead atoms. The monoisotopic (exact) mass is 301 g/mol. The molecule has 0 saturated heterocycles. The molecule has 0 spiro atoms. The number of nitrogens with zero attached hydrogens (tertiary/aromatic N) is 1. The molecule has 1 atom stereocenters. The summed E-state index contributed by atoms with van der Waals surface area (Å²) in [5.41, 5.74) is 0.371. The second-order valence-corrected chi connectivity index (χ2v) is 6.47. The van der Waals surface area contributed by atoms with Gasteiger partial charge < -0.3 is 9.52 Å². The quantitative estimate of drug-likeness (QED) is 0.828. The molecule has 1 unspecified atom stereocenters. The Morgan fingerprint density at radius 3 is 2.32 bits per heavy atom. The van der Waals surface area contributed by atoms with Crippen LogP contribution in [-0.2, 0) is 18.7 Å². The van der Waals surface area contributed by atoms with Crippen LogP contribution in [0.3, 0.4) is 0 Å². The Labute approximate surface area is 133 Å². The van der Waals surface area contributed by atoms with Crippen LogP contribution in [-0.4, -0.2) is 16.0 Å². The minimum atomic E-state index is -0.932. The van der Waals surface area contributed by atoms with Crippen molar-refractivity contribution in [2.75, 3.05) is 0 Å². The smallest absolute Gasteiger partial charge is 0.135 e. The average Bonchev–Trinajstić information content (AvgIpc) is 2.95. The van der Waals surface area contributed by atoms with Gasteiger partial charge in [-0.15, -0.1) is 0 Å². The summed E-state index contributed by atoms with van der Waals surface area (Å²) in [7, 11) is 0. The number of hydrogen-bond acceptors (Lipinski definition) is 3. The molecular weight excluding hydrogens is 274 g/mol. The molecule has 0 aliphatic heterocycles. The van der Waals surface area contributed by atoms with Gasteiger partial charge in [-0.3, -0.25) is 4.90 Å². The van der Waals surface area contributed by atoms with Gasteiger partial charge in [0.15, 0.2) is 0 Å². The highest BCUT2D eigenvalue weighted by atomic mass is 16.4. The molecule has 22 heavy (non-hydrogen) atoms. The van der Waals surface area contributed by atoms with Gasteiger partial charge in [0.1, 0.15) is 17.1 Å². The third-order valence-electron chi connectivity index (χ3n) is 4.07. The Bertz CT molecular complexity index is 569. The zero-order chi connectivity index (χ0) is 16.2. The molecule has 1 heterocycles. The van der Waals surface area contributed by atoms with Crippen molar-refractivity contribution in [3.63, 3.8) is 0 Å². The van der Waals surface area contributed by atoms with Crippen molar-refractivity contribution in [1.29, 1.82) is 0 Å². The van der Waals surface area contributed by atoms with E-state index in [4.69, 9.17) is 4.42 Å². The minimum Gasteiger partial charge on any atom is -0.462 e. The maximum atomic E-state index is 10.0. The molecule has 1 aromatic heterocycles. The highest BCUT2D eigenvalue weighted by Gasteiger charge is 2.22. The Morgan fingerprint density at radius 1 is 1.09 bits per heavy atom. The van der Waals surface area contributed by atoms with Crippen molar-refractivity contribution in [3.8, 4) is 0 Å². The molecule has 0 aliphatic carbocycles. The first-order chi connectivity index (χ1) is 10.4. The first-order valence-corrected chi connectivity index (χ1v) is 7.99. The van der Waals surface area contributed by atoms with Crippen LogP contribution >= 0.6 is 0 Å². The Hall–Kier alpha value is -1.58. The van der Waals surface area contributed by atoms with Crippen LogP contribution in [0.2, 0.25) is 0 Å². The van der Waals surface area contributed by atoms with Crippen LogP contribution in [0.4, 0.5) is 0 Å². The van der Waals surface area contributed by atoms with Crippen molar-refractivity contribution in [1.82, 2.24) is 4.90 Å². The number of furan rings is 1. The van der Waals surface area contributed by atoms with E-state index < -0.39 is 5.60 Å². The van der Waals surface area contributed by atoms with Gasteiger partial charge in [-0.1, -0.05) is 37.3 Å². The van der Waals surface area contributed by atoms with Gasteiger partial charge in [0, 0.05) is 12.6 Å². The van der Waals surface area contributed by atoms with Gasteiger partial charge in [0.2, 0.25) is 0 Å². The van der Waals surface area contributed by atoms with Crippen molar-refractivity contribution in [2.45, 2.75) is 58.8 Å². The molecule has 3 heteroatoms. The van der Waals surface area contributed by atoms with Crippen LogP contribution in [0, 0.1) is 0 Å². The SMILES string of the molecule is CCC(C)N(Cc1ccccc1)Cc1ccc(C(C)(C)O)o1. The predicted octanol–water partition coefficient (Wildman–Crippen LogP) is 4.31. The maximum absolute atomic E-state index is 10.0. The molecule has 0 radical (unpaired) electrons. The van der Waals surface area contributed by atoms with E-state index in [2.05, 4.69) is 43.0 Å². The Balaban J connectivity index is 2.11. The van der Waals surface area contributed by atoms with Crippen molar-refractivity contribution >= 4 is 0 Å². The second kappa shape index (κ2) is 7.12. The highest BCUT2D eigenvalue weighted by molar-refractivity contribution is 5.16. The number of aliphatic hydroxyl groups is 1. The van der Waals surface area contributed by atoms with Crippen LogP contribution in [0.1, 0.15) is 51.2 Å². The van der Waals surface area contributed by atoms with E-state index in [9.17, 15) is 5.11 Å². The van der Waals surface area contributed by atoms with Crippen molar-refractivity contribution < 1.29 is 9.52 Å². The molecule has 1 aromatic carbocycles. The van der Waals surface area contributed by atoms with E-state index in [0.29, 0.717) is 11.8 Å². The lowest BCUT2D eigenvalue weighted by molar-refractivity contribution is 0.0509. The average molecular weight is 301 g/mol. The van der Waals surface area contributed by atoms with Crippen molar-refractivity contribution in [2.24, 2.45) is 0 Å².